The molecule has 3 aromatic rings. The van der Waals surface area contributed by atoms with Gasteiger partial charge in [0.25, 0.3) is 5.56 Å². The quantitative estimate of drug-likeness (QED) is 0.528. The number of aliphatic carboxylic acids is 1. The van der Waals surface area contributed by atoms with Gasteiger partial charge in [-0.3, -0.25) is 14.2 Å². The normalized spacial score (nSPS) is 10.8. The van der Waals surface area contributed by atoms with Crippen molar-refractivity contribution in [2.45, 2.75) is 46.1 Å². The molecule has 1 heterocycles. The van der Waals surface area contributed by atoms with Gasteiger partial charge in [-0.05, 0) is 36.1 Å². The predicted molar refractivity (Wildman–Crippen MR) is 121 cm³/mol. The summed E-state index contributed by atoms with van der Waals surface area (Å²) in [4.78, 5) is 40.4. The maximum absolute atomic E-state index is 13.1. The molecule has 0 atom stereocenters. The molecular weight excluding hydrogens is 408 g/mol. The van der Waals surface area contributed by atoms with Gasteiger partial charge in [0.2, 0.25) is 0 Å². The summed E-state index contributed by atoms with van der Waals surface area (Å²) in [5.74, 6) is -1.42. The van der Waals surface area contributed by atoms with Crippen LogP contribution in [0.4, 0.5) is 0 Å². The summed E-state index contributed by atoms with van der Waals surface area (Å²) in [5, 5.41) is 18.6. The molecule has 0 saturated carbocycles. The minimum absolute atomic E-state index is 0.199. The highest BCUT2D eigenvalue weighted by Crippen LogP contribution is 2.24. The van der Waals surface area contributed by atoms with Crippen molar-refractivity contribution in [2.75, 3.05) is 0 Å². The topological polar surface area (TPSA) is 109 Å². The van der Waals surface area contributed by atoms with Crippen LogP contribution in [0, 0.1) is 6.92 Å². The monoisotopic (exact) mass is 434 g/mol. The van der Waals surface area contributed by atoms with E-state index in [4.69, 9.17) is 0 Å². The van der Waals surface area contributed by atoms with E-state index in [1.165, 1.54) is 0 Å². The molecule has 0 fully saturated rings. The third-order valence-electron chi connectivity index (χ3n) is 5.39. The molecule has 0 spiro atoms. The van der Waals surface area contributed by atoms with Crippen LogP contribution in [0.2, 0.25) is 0 Å². The van der Waals surface area contributed by atoms with Gasteiger partial charge in [-0.15, -0.1) is 0 Å². The standard InChI is InChI=1S/C25H26N2O5/c1-3-4-9-22-26-16(2)21(14-23(28)29)24(30)27(22)15-17-10-12-18(13-11-17)19-7-5-6-8-20(19)25(31)32/h5-8,10-13H,3-4,9,14-15H2,1-2H3,(H,28,29)(H,31,32). The van der Waals surface area contributed by atoms with E-state index in [1.54, 1.807) is 35.8 Å². The Labute approximate surface area is 186 Å². The molecule has 1 aromatic heterocycles. The molecule has 0 radical (unpaired) electrons. The van der Waals surface area contributed by atoms with E-state index in [2.05, 4.69) is 11.9 Å². The SMILES string of the molecule is CCCCc1nc(C)c(CC(=O)O)c(=O)n1Cc1ccc(-c2ccccc2C(=O)O)cc1. The van der Waals surface area contributed by atoms with E-state index >= 15 is 0 Å². The largest absolute Gasteiger partial charge is 0.481 e. The maximum Gasteiger partial charge on any atom is 0.336 e. The molecule has 7 heteroatoms. The van der Waals surface area contributed by atoms with E-state index in [0.717, 1.165) is 24.0 Å². The summed E-state index contributed by atoms with van der Waals surface area (Å²) in [7, 11) is 0. The summed E-state index contributed by atoms with van der Waals surface area (Å²) < 4.78 is 1.56. The first-order valence-corrected chi connectivity index (χ1v) is 10.5. The number of rotatable bonds is 9. The number of carbonyl (C=O) groups is 2. The van der Waals surface area contributed by atoms with Gasteiger partial charge >= 0.3 is 11.9 Å². The number of benzene rings is 2. The van der Waals surface area contributed by atoms with Gasteiger partial charge in [-0.25, -0.2) is 9.78 Å². The van der Waals surface area contributed by atoms with Crippen LogP contribution in [-0.2, 0) is 24.2 Å². The number of carboxylic acids is 2. The van der Waals surface area contributed by atoms with Gasteiger partial charge in [0.15, 0.2) is 0 Å². The molecule has 0 aliphatic carbocycles. The molecule has 0 bridgehead atoms. The van der Waals surface area contributed by atoms with E-state index < -0.39 is 11.9 Å². The number of hydrogen-bond donors (Lipinski definition) is 2. The molecule has 2 aromatic carbocycles. The first-order chi connectivity index (χ1) is 15.3. The molecule has 7 nitrogen and oxygen atoms in total. The third-order valence-corrected chi connectivity index (χ3v) is 5.39. The van der Waals surface area contributed by atoms with Crippen molar-refractivity contribution in [2.24, 2.45) is 0 Å². The highest BCUT2D eigenvalue weighted by molar-refractivity contribution is 5.95. The molecule has 2 N–H and O–H groups in total. The second kappa shape index (κ2) is 10.0. The summed E-state index contributed by atoms with van der Waals surface area (Å²) in [6, 6.07) is 14.1. The van der Waals surface area contributed by atoms with Gasteiger partial charge in [-0.1, -0.05) is 55.8 Å². The highest BCUT2D eigenvalue weighted by Gasteiger charge is 2.17. The van der Waals surface area contributed by atoms with Gasteiger partial charge < -0.3 is 10.2 Å². The fraction of sp³-hybridized carbons (Fsp3) is 0.280. The van der Waals surface area contributed by atoms with Crippen molar-refractivity contribution < 1.29 is 19.8 Å². The Bertz CT molecular complexity index is 1200. The molecule has 32 heavy (non-hydrogen) atoms. The second-order valence-electron chi connectivity index (χ2n) is 7.71. The van der Waals surface area contributed by atoms with Crippen molar-refractivity contribution >= 4 is 11.9 Å². The Hall–Kier alpha value is -3.74. The third kappa shape index (κ3) is 5.11. The van der Waals surface area contributed by atoms with Crippen molar-refractivity contribution in [3.05, 3.63) is 87.1 Å². The Morgan fingerprint density at radius 1 is 1.03 bits per heavy atom. The molecule has 0 aliphatic heterocycles. The summed E-state index contributed by atoms with van der Waals surface area (Å²) in [6.07, 6.45) is 2.08. The number of unbranched alkanes of at least 4 members (excludes halogenated alkanes) is 1. The van der Waals surface area contributed by atoms with Crippen LogP contribution >= 0.6 is 0 Å². The Morgan fingerprint density at radius 2 is 1.72 bits per heavy atom. The van der Waals surface area contributed by atoms with Crippen LogP contribution in [-0.4, -0.2) is 31.7 Å². The van der Waals surface area contributed by atoms with Crippen LogP contribution in [0.15, 0.2) is 53.3 Å². The van der Waals surface area contributed by atoms with Crippen molar-refractivity contribution in [1.29, 1.82) is 0 Å². The number of aromatic carboxylic acids is 1. The number of aromatic nitrogens is 2. The maximum atomic E-state index is 13.1. The zero-order chi connectivity index (χ0) is 23.3. The lowest BCUT2D eigenvalue weighted by Crippen LogP contribution is -2.31. The summed E-state index contributed by atoms with van der Waals surface area (Å²) >= 11 is 0. The van der Waals surface area contributed by atoms with E-state index in [0.29, 0.717) is 23.5 Å². The number of carboxylic acid groups (broad SMARTS) is 2. The number of hydrogen-bond acceptors (Lipinski definition) is 4. The average molecular weight is 434 g/mol. The minimum Gasteiger partial charge on any atom is -0.481 e. The first-order valence-electron chi connectivity index (χ1n) is 10.5. The lowest BCUT2D eigenvalue weighted by Gasteiger charge is -2.16. The van der Waals surface area contributed by atoms with Crippen LogP contribution in [0.25, 0.3) is 11.1 Å². The molecule has 0 saturated heterocycles. The molecular formula is C25H26N2O5. The van der Waals surface area contributed by atoms with Crippen LogP contribution < -0.4 is 5.56 Å². The Kier molecular flexibility index (Phi) is 7.20. The van der Waals surface area contributed by atoms with Gasteiger partial charge in [0, 0.05) is 17.7 Å². The summed E-state index contributed by atoms with van der Waals surface area (Å²) in [6.45, 7) is 3.99. The number of aryl methyl sites for hydroxylation is 2. The minimum atomic E-state index is -1.07. The molecule has 0 unspecified atom stereocenters. The van der Waals surface area contributed by atoms with E-state index in [-0.39, 0.29) is 29.7 Å². The van der Waals surface area contributed by atoms with E-state index in [1.807, 2.05) is 24.3 Å². The molecule has 0 amide bonds. The lowest BCUT2D eigenvalue weighted by atomic mass is 9.98. The molecule has 0 aliphatic rings. The van der Waals surface area contributed by atoms with E-state index in [9.17, 15) is 24.6 Å². The average Bonchev–Trinajstić information content (AvgIpc) is 2.77. The van der Waals surface area contributed by atoms with Crippen LogP contribution in [0.3, 0.4) is 0 Å². The van der Waals surface area contributed by atoms with Crippen molar-refractivity contribution in [3.8, 4) is 11.1 Å². The Morgan fingerprint density at radius 3 is 2.34 bits per heavy atom. The predicted octanol–water partition coefficient (Wildman–Crippen LogP) is 3.93. The second-order valence-corrected chi connectivity index (χ2v) is 7.71. The molecule has 3 rings (SSSR count). The number of nitrogens with zero attached hydrogens (tertiary/aromatic N) is 2. The fourth-order valence-electron chi connectivity index (χ4n) is 3.69. The van der Waals surface area contributed by atoms with Crippen molar-refractivity contribution in [3.63, 3.8) is 0 Å². The van der Waals surface area contributed by atoms with Crippen molar-refractivity contribution in [1.82, 2.24) is 9.55 Å². The molecule has 166 valence electrons. The summed E-state index contributed by atoms with van der Waals surface area (Å²) in [5.41, 5.74) is 2.77. The van der Waals surface area contributed by atoms with Crippen LogP contribution in [0.5, 0.6) is 0 Å². The lowest BCUT2D eigenvalue weighted by molar-refractivity contribution is -0.136. The Balaban J connectivity index is 1.98. The smallest absolute Gasteiger partial charge is 0.336 e. The van der Waals surface area contributed by atoms with Gasteiger partial charge in [0.05, 0.1) is 18.5 Å². The zero-order valence-corrected chi connectivity index (χ0v) is 18.2. The fourth-order valence-corrected chi connectivity index (χ4v) is 3.69. The van der Waals surface area contributed by atoms with Crippen LogP contribution in [0.1, 0.15) is 52.8 Å². The highest BCUT2D eigenvalue weighted by atomic mass is 16.4. The zero-order valence-electron chi connectivity index (χ0n) is 18.2. The first kappa shape index (κ1) is 22.9. The van der Waals surface area contributed by atoms with Gasteiger partial charge in [-0.2, -0.15) is 0 Å². The van der Waals surface area contributed by atoms with Gasteiger partial charge in [0.1, 0.15) is 5.82 Å².